The fourth-order valence-electron chi connectivity index (χ4n) is 4.36. The van der Waals surface area contributed by atoms with Gasteiger partial charge in [0.25, 0.3) is 0 Å². The molecule has 1 fully saturated rings. The van der Waals surface area contributed by atoms with Crippen molar-refractivity contribution in [3.63, 3.8) is 0 Å². The summed E-state index contributed by atoms with van der Waals surface area (Å²) in [6, 6.07) is 21.2. The minimum atomic E-state index is -0.0642. The van der Waals surface area contributed by atoms with Crippen LogP contribution >= 0.6 is 0 Å². The highest BCUT2D eigenvalue weighted by atomic mass is 16.1. The average molecular weight is 317 g/mol. The van der Waals surface area contributed by atoms with Crippen LogP contribution in [-0.2, 0) is 16.8 Å². The maximum atomic E-state index is 12.5. The van der Waals surface area contributed by atoms with Crippen molar-refractivity contribution in [2.75, 3.05) is 13.1 Å². The maximum Gasteiger partial charge on any atom is 0.160 e. The second kappa shape index (κ2) is 6.03. The molecule has 1 aliphatic carbocycles. The summed E-state index contributed by atoms with van der Waals surface area (Å²) in [6.45, 7) is 5.05. The van der Waals surface area contributed by atoms with Gasteiger partial charge in [-0.15, -0.1) is 0 Å². The molecule has 0 bridgehead atoms. The Bertz CT molecular complexity index is 752. The van der Waals surface area contributed by atoms with E-state index in [1.54, 1.807) is 0 Å². The predicted octanol–water partition coefficient (Wildman–Crippen LogP) is 3.83. The van der Waals surface area contributed by atoms with Gasteiger partial charge in [-0.25, -0.2) is 0 Å². The van der Waals surface area contributed by atoms with Crippen LogP contribution in [0, 0.1) is 11.8 Å². The maximum absolute atomic E-state index is 12.5. The molecule has 0 N–H and O–H groups in total. The van der Waals surface area contributed by atoms with Crippen LogP contribution in [-0.4, -0.2) is 23.8 Å². The monoisotopic (exact) mass is 317 g/mol. The molecule has 122 valence electrons. The highest BCUT2D eigenvalue weighted by Gasteiger charge is 2.48. The zero-order chi connectivity index (χ0) is 16.6. The van der Waals surface area contributed by atoms with Crippen molar-refractivity contribution in [3.05, 3.63) is 83.9 Å². The predicted molar refractivity (Wildman–Crippen MR) is 96.6 cm³/mol. The summed E-state index contributed by atoms with van der Waals surface area (Å²) >= 11 is 0. The second-order valence-corrected chi connectivity index (χ2v) is 7.28. The molecule has 0 aromatic heterocycles. The highest BCUT2D eigenvalue weighted by Crippen LogP contribution is 2.45. The van der Waals surface area contributed by atoms with Gasteiger partial charge in [0.1, 0.15) is 0 Å². The molecule has 4 rings (SSSR count). The highest BCUT2D eigenvalue weighted by molar-refractivity contribution is 5.94. The minimum absolute atomic E-state index is 0.0642. The Labute approximate surface area is 143 Å². The number of carbonyl (C=O) groups is 1. The average Bonchev–Trinajstić information content (AvgIpc) is 3.05. The quantitative estimate of drug-likeness (QED) is 0.857. The van der Waals surface area contributed by atoms with Crippen molar-refractivity contribution in [3.8, 4) is 0 Å². The standard InChI is InChI=1S/C22H23NO/c1-22(18-10-6-3-7-11-18)13-12-21(24)19-15-23(16-20(19)22)14-17-8-4-2-5-9-17/h2-13,19-20H,14-16H2,1H3. The molecule has 3 unspecified atom stereocenters. The molecule has 2 aromatic carbocycles. The summed E-state index contributed by atoms with van der Waals surface area (Å²) < 4.78 is 0. The second-order valence-electron chi connectivity index (χ2n) is 7.28. The lowest BCUT2D eigenvalue weighted by molar-refractivity contribution is -0.120. The molecule has 1 saturated heterocycles. The van der Waals surface area contributed by atoms with Crippen molar-refractivity contribution in [1.82, 2.24) is 4.90 Å². The molecule has 0 saturated carbocycles. The number of hydrogen-bond donors (Lipinski definition) is 0. The van der Waals surface area contributed by atoms with Crippen LogP contribution in [0.4, 0.5) is 0 Å². The molecule has 2 aliphatic rings. The summed E-state index contributed by atoms with van der Waals surface area (Å²) in [4.78, 5) is 14.9. The lowest BCUT2D eigenvalue weighted by Crippen LogP contribution is -2.41. The van der Waals surface area contributed by atoms with E-state index in [1.807, 2.05) is 12.1 Å². The van der Waals surface area contributed by atoms with E-state index < -0.39 is 0 Å². The summed E-state index contributed by atoms with van der Waals surface area (Å²) in [5.74, 6) is 0.758. The van der Waals surface area contributed by atoms with E-state index in [0.717, 1.165) is 19.6 Å². The van der Waals surface area contributed by atoms with Crippen LogP contribution in [0.3, 0.4) is 0 Å². The van der Waals surface area contributed by atoms with Crippen molar-refractivity contribution in [1.29, 1.82) is 0 Å². The van der Waals surface area contributed by atoms with Crippen LogP contribution in [0.2, 0.25) is 0 Å². The molecular formula is C22H23NO. The first kappa shape index (κ1) is 15.3. The van der Waals surface area contributed by atoms with Crippen LogP contribution in [0.5, 0.6) is 0 Å². The van der Waals surface area contributed by atoms with Crippen LogP contribution in [0.1, 0.15) is 18.1 Å². The Kier molecular flexibility index (Phi) is 3.85. The Morgan fingerprint density at radius 2 is 1.67 bits per heavy atom. The summed E-state index contributed by atoms with van der Waals surface area (Å²) in [7, 11) is 0. The minimum Gasteiger partial charge on any atom is -0.298 e. The van der Waals surface area contributed by atoms with Gasteiger partial charge in [0.05, 0.1) is 0 Å². The number of ketones is 1. The smallest absolute Gasteiger partial charge is 0.160 e. The molecule has 0 spiro atoms. The number of carbonyl (C=O) groups excluding carboxylic acids is 1. The third kappa shape index (κ3) is 2.61. The first-order valence-corrected chi connectivity index (χ1v) is 8.72. The number of allylic oxidation sites excluding steroid dienone is 2. The molecule has 3 atom stereocenters. The lowest BCUT2D eigenvalue weighted by Gasteiger charge is -2.38. The number of hydrogen-bond acceptors (Lipinski definition) is 2. The normalized spacial score (nSPS) is 29.6. The molecule has 24 heavy (non-hydrogen) atoms. The zero-order valence-corrected chi connectivity index (χ0v) is 14.1. The first-order chi connectivity index (χ1) is 11.7. The Morgan fingerprint density at radius 1 is 1.00 bits per heavy atom. The topological polar surface area (TPSA) is 20.3 Å². The SMILES string of the molecule is CC1(c2ccccc2)C=CC(=O)C2CN(Cc3ccccc3)CC21. The molecule has 0 radical (unpaired) electrons. The molecule has 2 heteroatoms. The number of fused-ring (bicyclic) bond motifs is 1. The zero-order valence-electron chi connectivity index (χ0n) is 14.1. The van der Waals surface area contributed by atoms with Gasteiger partial charge in [-0.1, -0.05) is 73.7 Å². The van der Waals surface area contributed by atoms with E-state index >= 15 is 0 Å². The largest absolute Gasteiger partial charge is 0.298 e. The first-order valence-electron chi connectivity index (χ1n) is 8.72. The summed E-state index contributed by atoms with van der Waals surface area (Å²) in [5.41, 5.74) is 2.56. The van der Waals surface area contributed by atoms with E-state index in [2.05, 4.69) is 72.5 Å². The number of benzene rings is 2. The van der Waals surface area contributed by atoms with E-state index in [9.17, 15) is 4.79 Å². The molecule has 2 nitrogen and oxygen atoms in total. The van der Waals surface area contributed by atoms with Crippen molar-refractivity contribution in [2.45, 2.75) is 18.9 Å². The Balaban J connectivity index is 1.62. The third-order valence-electron chi connectivity index (χ3n) is 5.77. The van der Waals surface area contributed by atoms with Gasteiger partial charge in [0.15, 0.2) is 5.78 Å². The van der Waals surface area contributed by atoms with Crippen molar-refractivity contribution in [2.24, 2.45) is 11.8 Å². The van der Waals surface area contributed by atoms with Gasteiger partial charge in [-0.3, -0.25) is 9.69 Å². The fourth-order valence-corrected chi connectivity index (χ4v) is 4.36. The van der Waals surface area contributed by atoms with Crippen LogP contribution < -0.4 is 0 Å². The van der Waals surface area contributed by atoms with E-state index in [0.29, 0.717) is 11.7 Å². The number of rotatable bonds is 3. The third-order valence-corrected chi connectivity index (χ3v) is 5.77. The van der Waals surface area contributed by atoms with Crippen LogP contribution in [0.15, 0.2) is 72.8 Å². The number of likely N-dealkylation sites (tertiary alicyclic amines) is 1. The van der Waals surface area contributed by atoms with E-state index in [-0.39, 0.29) is 11.3 Å². The van der Waals surface area contributed by atoms with Crippen molar-refractivity contribution < 1.29 is 4.79 Å². The van der Waals surface area contributed by atoms with Crippen LogP contribution in [0.25, 0.3) is 0 Å². The molecule has 1 aliphatic heterocycles. The Morgan fingerprint density at radius 3 is 2.38 bits per heavy atom. The van der Waals surface area contributed by atoms with Gasteiger partial charge in [-0.05, 0) is 23.1 Å². The molecule has 0 amide bonds. The lowest BCUT2D eigenvalue weighted by atomic mass is 9.64. The van der Waals surface area contributed by atoms with Crippen molar-refractivity contribution >= 4 is 5.78 Å². The fraction of sp³-hybridized carbons (Fsp3) is 0.318. The molecular weight excluding hydrogens is 294 g/mol. The van der Waals surface area contributed by atoms with Gasteiger partial charge >= 0.3 is 0 Å². The molecule has 2 aromatic rings. The van der Waals surface area contributed by atoms with E-state index in [1.165, 1.54) is 11.1 Å². The Hall–Kier alpha value is -2.19. The number of nitrogens with zero attached hydrogens (tertiary/aromatic N) is 1. The summed E-state index contributed by atoms with van der Waals surface area (Å²) in [5, 5.41) is 0. The summed E-state index contributed by atoms with van der Waals surface area (Å²) in [6.07, 6.45) is 3.96. The molecule has 1 heterocycles. The van der Waals surface area contributed by atoms with Gasteiger partial charge in [0.2, 0.25) is 0 Å². The van der Waals surface area contributed by atoms with Gasteiger partial charge in [-0.2, -0.15) is 0 Å². The van der Waals surface area contributed by atoms with Gasteiger partial charge in [0, 0.05) is 31.0 Å². The van der Waals surface area contributed by atoms with E-state index in [4.69, 9.17) is 0 Å². The van der Waals surface area contributed by atoms with Gasteiger partial charge < -0.3 is 0 Å².